The van der Waals surface area contributed by atoms with Gasteiger partial charge < -0.3 is 23.7 Å². The van der Waals surface area contributed by atoms with Crippen LogP contribution in [0.25, 0.3) is 0 Å². The second kappa shape index (κ2) is 15.8. The molecule has 25 heavy (non-hydrogen) atoms. The molecule has 0 bridgehead atoms. The Bertz CT molecular complexity index is 318. The average Bonchev–Trinajstić information content (AvgIpc) is 2.63. The van der Waals surface area contributed by atoms with Gasteiger partial charge in [-0.25, -0.2) is 0 Å². The summed E-state index contributed by atoms with van der Waals surface area (Å²) in [5.74, 6) is -0.0125. The van der Waals surface area contributed by atoms with Crippen molar-refractivity contribution >= 4 is 14.7 Å². The van der Waals surface area contributed by atoms with E-state index in [4.69, 9.17) is 13.3 Å². The molecular weight excluding hydrogens is 338 g/mol. The summed E-state index contributed by atoms with van der Waals surface area (Å²) in [5.41, 5.74) is 0. The predicted octanol–water partition coefficient (Wildman–Crippen LogP) is 3.26. The first-order valence-corrected chi connectivity index (χ1v) is 11.6. The average molecular weight is 378 g/mol. The van der Waals surface area contributed by atoms with Crippen LogP contribution >= 0.6 is 0 Å². The number of rotatable bonds is 17. The molecule has 0 radical (unpaired) electrons. The van der Waals surface area contributed by atoms with Crippen LogP contribution in [0.4, 0.5) is 0 Å². The Morgan fingerprint density at radius 1 is 0.960 bits per heavy atom. The van der Waals surface area contributed by atoms with Crippen molar-refractivity contribution in [2.75, 3.05) is 27.9 Å². The van der Waals surface area contributed by atoms with Crippen LogP contribution in [-0.4, -0.2) is 53.8 Å². The van der Waals surface area contributed by atoms with Gasteiger partial charge >= 0.3 is 8.80 Å². The SMILES string of the molecule is CCCCCCCCC(O)CCC(=O)NCCC[Si](OC)(OC)OC. The van der Waals surface area contributed by atoms with Gasteiger partial charge in [0.15, 0.2) is 0 Å². The molecule has 0 saturated carbocycles. The number of aliphatic hydroxyl groups is 1. The highest BCUT2D eigenvalue weighted by molar-refractivity contribution is 6.60. The van der Waals surface area contributed by atoms with Crippen molar-refractivity contribution < 1.29 is 23.2 Å². The third kappa shape index (κ3) is 12.5. The highest BCUT2D eigenvalue weighted by atomic mass is 28.4. The molecule has 0 aliphatic carbocycles. The number of carbonyl (C=O) groups is 1. The van der Waals surface area contributed by atoms with Gasteiger partial charge in [-0.2, -0.15) is 0 Å². The van der Waals surface area contributed by atoms with E-state index in [-0.39, 0.29) is 12.0 Å². The number of hydrogen-bond acceptors (Lipinski definition) is 5. The third-order valence-electron chi connectivity index (χ3n) is 4.51. The fraction of sp³-hybridized carbons (Fsp3) is 0.944. The normalized spacial score (nSPS) is 13.0. The highest BCUT2D eigenvalue weighted by Gasteiger charge is 2.36. The maximum atomic E-state index is 11.8. The number of hydrogen-bond donors (Lipinski definition) is 2. The van der Waals surface area contributed by atoms with Crippen LogP contribution in [0.15, 0.2) is 0 Å². The smallest absolute Gasteiger partial charge is 0.393 e. The summed E-state index contributed by atoms with van der Waals surface area (Å²) in [4.78, 5) is 11.8. The Morgan fingerprint density at radius 3 is 2.16 bits per heavy atom. The number of nitrogens with one attached hydrogen (secondary N) is 1. The summed E-state index contributed by atoms with van der Waals surface area (Å²) in [6.45, 7) is 2.77. The lowest BCUT2D eigenvalue weighted by molar-refractivity contribution is -0.121. The fourth-order valence-electron chi connectivity index (χ4n) is 2.78. The lowest BCUT2D eigenvalue weighted by atomic mass is 10.0. The van der Waals surface area contributed by atoms with E-state index in [0.717, 1.165) is 19.3 Å². The lowest BCUT2D eigenvalue weighted by Gasteiger charge is -2.24. The molecule has 0 aliphatic heterocycles. The molecule has 0 fully saturated rings. The molecule has 0 saturated heterocycles. The molecule has 1 atom stereocenters. The van der Waals surface area contributed by atoms with E-state index in [0.29, 0.717) is 25.4 Å². The van der Waals surface area contributed by atoms with Gasteiger partial charge in [-0.1, -0.05) is 45.4 Å². The van der Waals surface area contributed by atoms with E-state index >= 15 is 0 Å². The van der Waals surface area contributed by atoms with Gasteiger partial charge in [0.1, 0.15) is 0 Å². The molecule has 0 rings (SSSR count). The molecule has 0 heterocycles. The maximum Gasteiger partial charge on any atom is 0.500 e. The summed E-state index contributed by atoms with van der Waals surface area (Å²) < 4.78 is 16.0. The molecule has 0 aromatic rings. The van der Waals surface area contributed by atoms with Gasteiger partial charge in [-0.15, -0.1) is 0 Å². The minimum absolute atomic E-state index is 0.0125. The number of carbonyl (C=O) groups excluding carboxylic acids is 1. The van der Waals surface area contributed by atoms with Crippen molar-refractivity contribution in [3.05, 3.63) is 0 Å². The molecule has 1 unspecified atom stereocenters. The van der Waals surface area contributed by atoms with Crippen molar-refractivity contribution in [3.63, 3.8) is 0 Å². The van der Waals surface area contributed by atoms with Crippen LogP contribution in [-0.2, 0) is 18.1 Å². The minimum Gasteiger partial charge on any atom is -0.393 e. The molecule has 0 aliphatic rings. The second-order valence-corrected chi connectivity index (χ2v) is 9.59. The van der Waals surface area contributed by atoms with Crippen molar-refractivity contribution in [1.29, 1.82) is 0 Å². The zero-order chi connectivity index (χ0) is 19.0. The molecule has 0 aromatic carbocycles. The topological polar surface area (TPSA) is 77.0 Å². The van der Waals surface area contributed by atoms with E-state index in [1.807, 2.05) is 0 Å². The van der Waals surface area contributed by atoms with Gasteiger partial charge in [0.05, 0.1) is 6.10 Å². The summed E-state index contributed by atoms with van der Waals surface area (Å²) in [5, 5.41) is 12.8. The minimum atomic E-state index is -2.54. The number of unbranched alkanes of at least 4 members (excludes halogenated alkanes) is 5. The third-order valence-corrected chi connectivity index (χ3v) is 7.34. The molecular formula is C18H39NO5Si. The monoisotopic (exact) mass is 377 g/mol. The van der Waals surface area contributed by atoms with E-state index < -0.39 is 8.80 Å². The van der Waals surface area contributed by atoms with Crippen molar-refractivity contribution in [2.45, 2.75) is 83.3 Å². The molecule has 6 nitrogen and oxygen atoms in total. The lowest BCUT2D eigenvalue weighted by Crippen LogP contribution is -2.43. The Balaban J connectivity index is 3.66. The Hall–Kier alpha value is -0.473. The molecule has 7 heteroatoms. The van der Waals surface area contributed by atoms with Gasteiger partial charge in [-0.05, 0) is 19.3 Å². The van der Waals surface area contributed by atoms with Crippen LogP contribution < -0.4 is 5.32 Å². The number of aliphatic hydroxyl groups excluding tert-OH is 1. The first-order valence-electron chi connectivity index (χ1n) is 9.63. The second-order valence-electron chi connectivity index (χ2n) is 6.50. The molecule has 150 valence electrons. The fourth-order valence-corrected chi connectivity index (χ4v) is 4.50. The highest BCUT2D eigenvalue weighted by Crippen LogP contribution is 2.14. The van der Waals surface area contributed by atoms with E-state index in [1.165, 1.54) is 32.1 Å². The van der Waals surface area contributed by atoms with Gasteiger partial charge in [-0.3, -0.25) is 4.79 Å². The van der Waals surface area contributed by atoms with Crippen LogP contribution in [0.5, 0.6) is 0 Å². The zero-order valence-corrected chi connectivity index (χ0v) is 17.6. The van der Waals surface area contributed by atoms with Crippen LogP contribution in [0, 0.1) is 0 Å². The first-order chi connectivity index (χ1) is 12.0. The van der Waals surface area contributed by atoms with Crippen LogP contribution in [0.3, 0.4) is 0 Å². The van der Waals surface area contributed by atoms with Gasteiger partial charge in [0.2, 0.25) is 5.91 Å². The quantitative estimate of drug-likeness (QED) is 0.300. The summed E-state index contributed by atoms with van der Waals surface area (Å²) in [6.07, 6.45) is 9.38. The van der Waals surface area contributed by atoms with Crippen LogP contribution in [0.1, 0.15) is 71.1 Å². The predicted molar refractivity (Wildman–Crippen MR) is 102 cm³/mol. The molecule has 0 aromatic heterocycles. The van der Waals surface area contributed by atoms with E-state index in [2.05, 4.69) is 12.2 Å². The summed E-state index contributed by atoms with van der Waals surface area (Å²) >= 11 is 0. The Labute approximate surface area is 155 Å². The molecule has 2 N–H and O–H groups in total. The van der Waals surface area contributed by atoms with Crippen molar-refractivity contribution in [2.24, 2.45) is 0 Å². The molecule has 0 spiro atoms. The van der Waals surface area contributed by atoms with E-state index in [9.17, 15) is 9.90 Å². The van der Waals surface area contributed by atoms with Crippen molar-refractivity contribution in [3.8, 4) is 0 Å². The number of amides is 1. The van der Waals surface area contributed by atoms with Crippen LogP contribution in [0.2, 0.25) is 6.04 Å². The largest absolute Gasteiger partial charge is 0.500 e. The zero-order valence-electron chi connectivity index (χ0n) is 16.6. The Kier molecular flexibility index (Phi) is 15.5. The first kappa shape index (κ1) is 24.5. The summed E-state index contributed by atoms with van der Waals surface area (Å²) in [7, 11) is 2.21. The van der Waals surface area contributed by atoms with E-state index in [1.54, 1.807) is 21.3 Å². The standard InChI is InChI=1S/C18H39NO5Si/c1-5-6-7-8-9-10-12-17(20)13-14-18(21)19-15-11-16-25(22-2,23-3)24-4/h17,20H,5-16H2,1-4H3,(H,19,21). The van der Waals surface area contributed by atoms with Crippen molar-refractivity contribution in [1.82, 2.24) is 5.32 Å². The molecule has 1 amide bonds. The van der Waals surface area contributed by atoms with Gasteiger partial charge in [0, 0.05) is 40.3 Å². The Morgan fingerprint density at radius 2 is 1.56 bits per heavy atom. The maximum absolute atomic E-state index is 11.8. The van der Waals surface area contributed by atoms with Gasteiger partial charge in [0.25, 0.3) is 0 Å². The summed E-state index contributed by atoms with van der Waals surface area (Å²) in [6, 6.07) is 0.664.